The molecule has 0 aromatic carbocycles. The van der Waals surface area contributed by atoms with Crippen LogP contribution in [-0.2, 0) is 37.9 Å². The van der Waals surface area contributed by atoms with Gasteiger partial charge in [0, 0.05) is 33.7 Å². The zero-order valence-corrected chi connectivity index (χ0v) is 14.2. The molecule has 0 bridgehead atoms. The van der Waals surface area contributed by atoms with Gasteiger partial charge in [0.25, 0.3) is 0 Å². The van der Waals surface area contributed by atoms with E-state index >= 15 is 0 Å². The molecule has 1 fully saturated rings. The zero-order valence-electron chi connectivity index (χ0n) is 13.3. The lowest BCUT2D eigenvalue weighted by molar-refractivity contribution is -0.265. The normalized spacial score (nSPS) is 27.2. The van der Waals surface area contributed by atoms with E-state index in [-0.39, 0.29) is 13.0 Å². The first-order valence-electron chi connectivity index (χ1n) is 6.95. The van der Waals surface area contributed by atoms with Crippen molar-refractivity contribution in [3.63, 3.8) is 0 Å². The second kappa shape index (κ2) is 8.54. The maximum atomic E-state index is 11.2. The minimum atomic E-state index is -4.50. The van der Waals surface area contributed by atoms with Crippen molar-refractivity contribution in [2.24, 2.45) is 0 Å². The standard InChI is InChI=1S/C12H20NO10P/c1-6(14)20-10-4-9(5-13-24(17,18)19)23-12(22-8(3)16)11(10)21-7(2)15/h9-12H,4-5H2,1-3H3,(H3,13,17,18,19)/t9-,10-,11-,12?/m0/s1. The van der Waals surface area contributed by atoms with Gasteiger partial charge < -0.3 is 28.7 Å². The number of hydrogen-bond acceptors (Lipinski definition) is 8. The maximum Gasteiger partial charge on any atom is 0.400 e. The molecule has 11 nitrogen and oxygen atoms in total. The molecule has 138 valence electrons. The van der Waals surface area contributed by atoms with Crippen molar-refractivity contribution < 1.29 is 47.7 Å². The Bertz CT molecular complexity index is 506. The highest BCUT2D eigenvalue weighted by Crippen LogP contribution is 2.31. The van der Waals surface area contributed by atoms with E-state index < -0.39 is 50.3 Å². The van der Waals surface area contributed by atoms with Crippen LogP contribution in [-0.4, -0.2) is 58.8 Å². The van der Waals surface area contributed by atoms with Gasteiger partial charge in [-0.15, -0.1) is 0 Å². The summed E-state index contributed by atoms with van der Waals surface area (Å²) in [5.41, 5.74) is 0. The number of hydrogen-bond donors (Lipinski definition) is 3. The molecule has 1 heterocycles. The van der Waals surface area contributed by atoms with Gasteiger partial charge >= 0.3 is 25.7 Å². The summed E-state index contributed by atoms with van der Waals surface area (Å²) in [6.45, 7) is 3.07. The van der Waals surface area contributed by atoms with Crippen molar-refractivity contribution in [1.29, 1.82) is 0 Å². The van der Waals surface area contributed by atoms with Crippen molar-refractivity contribution >= 4 is 25.7 Å². The molecule has 1 rings (SSSR count). The summed E-state index contributed by atoms with van der Waals surface area (Å²) in [6.07, 6.45) is -4.47. The fourth-order valence-corrected chi connectivity index (χ4v) is 2.59. The minimum absolute atomic E-state index is 0.0255. The second-order valence-corrected chi connectivity index (χ2v) is 6.50. The van der Waals surface area contributed by atoms with Crippen molar-refractivity contribution in [2.45, 2.75) is 51.8 Å². The number of rotatable bonds is 6. The Morgan fingerprint density at radius 3 is 2.08 bits per heavy atom. The van der Waals surface area contributed by atoms with E-state index in [4.69, 9.17) is 28.7 Å². The first kappa shape index (κ1) is 20.5. The molecule has 12 heteroatoms. The van der Waals surface area contributed by atoms with E-state index in [0.717, 1.165) is 20.8 Å². The highest BCUT2D eigenvalue weighted by Gasteiger charge is 2.45. The van der Waals surface area contributed by atoms with Gasteiger partial charge in [-0.2, -0.15) is 0 Å². The van der Waals surface area contributed by atoms with Crippen LogP contribution in [0.15, 0.2) is 0 Å². The summed E-state index contributed by atoms with van der Waals surface area (Å²) >= 11 is 0. The van der Waals surface area contributed by atoms with Gasteiger partial charge in [-0.25, -0.2) is 9.65 Å². The largest absolute Gasteiger partial charge is 0.458 e. The molecular weight excluding hydrogens is 349 g/mol. The van der Waals surface area contributed by atoms with Gasteiger partial charge in [0.05, 0.1) is 6.10 Å². The van der Waals surface area contributed by atoms with Crippen molar-refractivity contribution in [2.75, 3.05) is 6.54 Å². The van der Waals surface area contributed by atoms with Crippen molar-refractivity contribution in [1.82, 2.24) is 5.09 Å². The quantitative estimate of drug-likeness (QED) is 0.306. The Labute approximate surface area is 137 Å². The molecular formula is C12H20NO10P. The topological polar surface area (TPSA) is 158 Å². The average Bonchev–Trinajstić information content (AvgIpc) is 2.37. The third kappa shape index (κ3) is 7.37. The molecule has 4 atom stereocenters. The van der Waals surface area contributed by atoms with Gasteiger partial charge in [-0.1, -0.05) is 0 Å². The molecule has 0 aromatic rings. The average molecular weight is 369 g/mol. The molecule has 0 amide bonds. The molecule has 0 aromatic heterocycles. The van der Waals surface area contributed by atoms with Crippen molar-refractivity contribution in [3.05, 3.63) is 0 Å². The number of nitrogens with one attached hydrogen (secondary N) is 1. The molecule has 1 saturated heterocycles. The molecule has 0 spiro atoms. The van der Waals surface area contributed by atoms with Crippen LogP contribution < -0.4 is 5.09 Å². The summed E-state index contributed by atoms with van der Waals surface area (Å²) in [6, 6.07) is 0. The fraction of sp³-hybridized carbons (Fsp3) is 0.750. The van der Waals surface area contributed by atoms with Gasteiger partial charge in [0.1, 0.15) is 6.10 Å². The van der Waals surface area contributed by atoms with Crippen LogP contribution in [0.1, 0.15) is 27.2 Å². The van der Waals surface area contributed by atoms with E-state index in [2.05, 4.69) is 0 Å². The Morgan fingerprint density at radius 2 is 1.62 bits per heavy atom. The lowest BCUT2D eigenvalue weighted by atomic mass is 10.0. The third-order valence-electron chi connectivity index (χ3n) is 2.88. The first-order valence-corrected chi connectivity index (χ1v) is 8.57. The fourth-order valence-electron chi connectivity index (χ4n) is 2.15. The van der Waals surface area contributed by atoms with E-state index in [1.165, 1.54) is 0 Å². The summed E-state index contributed by atoms with van der Waals surface area (Å²) < 4.78 is 31.3. The van der Waals surface area contributed by atoms with Crippen LogP contribution in [0, 0.1) is 0 Å². The predicted molar refractivity (Wildman–Crippen MR) is 76.2 cm³/mol. The Hall–Kier alpha value is -1.52. The van der Waals surface area contributed by atoms with Crippen LogP contribution in [0.4, 0.5) is 0 Å². The van der Waals surface area contributed by atoms with E-state index in [1.807, 2.05) is 5.09 Å². The zero-order chi connectivity index (χ0) is 18.5. The van der Waals surface area contributed by atoms with Crippen molar-refractivity contribution in [3.8, 4) is 0 Å². The van der Waals surface area contributed by atoms with Gasteiger partial charge in [-0.3, -0.25) is 14.4 Å². The molecule has 24 heavy (non-hydrogen) atoms. The molecule has 1 aliphatic rings. The highest BCUT2D eigenvalue weighted by atomic mass is 31.2. The smallest absolute Gasteiger partial charge is 0.400 e. The molecule has 3 N–H and O–H groups in total. The molecule has 0 aliphatic carbocycles. The van der Waals surface area contributed by atoms with Crippen LogP contribution in [0.2, 0.25) is 0 Å². The summed E-state index contributed by atoms with van der Waals surface area (Å²) in [7, 11) is -4.50. The van der Waals surface area contributed by atoms with Gasteiger partial charge in [0.2, 0.25) is 12.4 Å². The lowest BCUT2D eigenvalue weighted by Gasteiger charge is -2.39. The van der Waals surface area contributed by atoms with E-state index in [0.29, 0.717) is 0 Å². The maximum absolute atomic E-state index is 11.2. The second-order valence-electron chi connectivity index (χ2n) is 5.10. The first-order chi connectivity index (χ1) is 11.0. The minimum Gasteiger partial charge on any atom is -0.458 e. The highest BCUT2D eigenvalue weighted by molar-refractivity contribution is 7.49. The predicted octanol–water partition coefficient (Wildman–Crippen LogP) is -0.790. The van der Waals surface area contributed by atoms with Gasteiger partial charge in [0.15, 0.2) is 0 Å². The molecule has 1 unspecified atom stereocenters. The number of carbonyl (C=O) groups excluding carboxylic acids is 3. The lowest BCUT2D eigenvalue weighted by Crippen LogP contribution is -2.54. The Morgan fingerprint density at radius 1 is 1.08 bits per heavy atom. The number of carbonyl (C=O) groups is 3. The summed E-state index contributed by atoms with van der Waals surface area (Å²) in [5.74, 6) is -2.10. The molecule has 0 radical (unpaired) electrons. The van der Waals surface area contributed by atoms with Crippen LogP contribution >= 0.6 is 7.75 Å². The van der Waals surface area contributed by atoms with Crippen LogP contribution in [0.3, 0.4) is 0 Å². The monoisotopic (exact) mass is 369 g/mol. The summed E-state index contributed by atoms with van der Waals surface area (Å²) in [4.78, 5) is 51.4. The molecule has 0 saturated carbocycles. The van der Waals surface area contributed by atoms with Crippen LogP contribution in [0.5, 0.6) is 0 Å². The Balaban J connectivity index is 2.94. The molecule has 1 aliphatic heterocycles. The summed E-state index contributed by atoms with van der Waals surface area (Å²) in [5, 5.41) is 1.95. The van der Waals surface area contributed by atoms with E-state index in [1.54, 1.807) is 0 Å². The Kier molecular flexibility index (Phi) is 7.30. The number of ether oxygens (including phenoxy) is 4. The number of esters is 3. The third-order valence-corrected chi connectivity index (χ3v) is 3.48. The van der Waals surface area contributed by atoms with E-state index in [9.17, 15) is 18.9 Å². The van der Waals surface area contributed by atoms with Crippen LogP contribution in [0.25, 0.3) is 0 Å². The van der Waals surface area contributed by atoms with Gasteiger partial charge in [-0.05, 0) is 0 Å². The SMILES string of the molecule is CC(=O)OC1O[C@H](CNP(=O)(O)O)C[C@H](OC(C)=O)[C@@H]1OC(C)=O.